The number of carbonyl (C=O) groups excluding carboxylic acids is 1. The van der Waals surface area contributed by atoms with Crippen LogP contribution in [-0.4, -0.2) is 28.1 Å². The Hall–Kier alpha value is -2.34. The van der Waals surface area contributed by atoms with E-state index in [0.717, 1.165) is 18.4 Å². The molecule has 3 rings (SSSR count). The number of hydrogen-bond donors (Lipinski definition) is 1. The van der Waals surface area contributed by atoms with E-state index in [-0.39, 0.29) is 23.6 Å². The number of carbonyl (C=O) groups is 1. The first kappa shape index (κ1) is 19.4. The molecule has 0 heterocycles. The zero-order chi connectivity index (χ0) is 19.8. The number of hydrogen-bond acceptors (Lipinski definition) is 2. The van der Waals surface area contributed by atoms with Crippen molar-refractivity contribution < 1.29 is 23.1 Å². The van der Waals surface area contributed by atoms with Crippen LogP contribution in [0, 0.1) is 0 Å². The largest absolute Gasteiger partial charge is 0.421 e. The van der Waals surface area contributed by atoms with Crippen LogP contribution in [0.5, 0.6) is 0 Å². The number of halogens is 3. The van der Waals surface area contributed by atoms with Gasteiger partial charge in [-0.1, -0.05) is 42.5 Å². The third-order valence-electron chi connectivity index (χ3n) is 5.12. The van der Waals surface area contributed by atoms with Crippen LogP contribution >= 0.6 is 0 Å². The highest BCUT2D eigenvalue weighted by atomic mass is 19.4. The summed E-state index contributed by atoms with van der Waals surface area (Å²) in [7, 11) is 0. The number of alkyl halides is 3. The van der Waals surface area contributed by atoms with Crippen molar-refractivity contribution in [3.63, 3.8) is 0 Å². The molecular formula is C21H22F3NO2. The van der Waals surface area contributed by atoms with Gasteiger partial charge in [-0.3, -0.25) is 4.79 Å². The maximum atomic E-state index is 13.0. The Balaban J connectivity index is 1.85. The molecule has 0 aromatic heterocycles. The van der Waals surface area contributed by atoms with Gasteiger partial charge in [0.2, 0.25) is 0 Å². The fraction of sp³-hybridized carbons (Fsp3) is 0.381. The maximum Gasteiger partial charge on any atom is 0.421 e. The Morgan fingerprint density at radius 1 is 1.07 bits per heavy atom. The van der Waals surface area contributed by atoms with Gasteiger partial charge in [0.1, 0.15) is 0 Å². The van der Waals surface area contributed by atoms with Crippen molar-refractivity contribution in [1.82, 2.24) is 4.90 Å². The molecule has 0 radical (unpaired) electrons. The molecular weight excluding hydrogens is 355 g/mol. The predicted octanol–water partition coefficient (Wildman–Crippen LogP) is 4.82. The van der Waals surface area contributed by atoms with Crippen LogP contribution in [-0.2, 0) is 5.60 Å². The highest BCUT2D eigenvalue weighted by Crippen LogP contribution is 2.39. The summed E-state index contributed by atoms with van der Waals surface area (Å²) in [6.45, 7) is 2.66. The lowest BCUT2D eigenvalue weighted by molar-refractivity contribution is -0.258. The third kappa shape index (κ3) is 3.86. The molecule has 2 atom stereocenters. The normalized spacial score (nSPS) is 17.9. The number of aliphatic hydroxyl groups is 1. The highest BCUT2D eigenvalue weighted by molar-refractivity contribution is 5.95. The van der Waals surface area contributed by atoms with Crippen LogP contribution in [0.2, 0.25) is 0 Å². The first-order valence-electron chi connectivity index (χ1n) is 8.90. The summed E-state index contributed by atoms with van der Waals surface area (Å²) in [6.07, 6.45) is -2.95. The highest BCUT2D eigenvalue weighted by Gasteiger charge is 2.51. The molecule has 3 nitrogen and oxygen atoms in total. The molecule has 1 saturated carbocycles. The van der Waals surface area contributed by atoms with Crippen molar-refractivity contribution in [2.24, 2.45) is 0 Å². The van der Waals surface area contributed by atoms with Crippen molar-refractivity contribution in [2.75, 3.05) is 0 Å². The third-order valence-corrected chi connectivity index (χ3v) is 5.12. The Kier molecular flexibility index (Phi) is 5.04. The summed E-state index contributed by atoms with van der Waals surface area (Å²) >= 11 is 0. The van der Waals surface area contributed by atoms with E-state index in [4.69, 9.17) is 0 Å². The van der Waals surface area contributed by atoms with Crippen LogP contribution < -0.4 is 0 Å². The summed E-state index contributed by atoms with van der Waals surface area (Å²) in [6, 6.07) is 14.7. The Morgan fingerprint density at radius 3 is 2.11 bits per heavy atom. The monoisotopic (exact) mass is 377 g/mol. The molecule has 0 aliphatic heterocycles. The van der Waals surface area contributed by atoms with Gasteiger partial charge < -0.3 is 10.0 Å². The second-order valence-electron chi connectivity index (χ2n) is 7.18. The molecule has 2 aromatic carbocycles. The average Bonchev–Trinajstić information content (AvgIpc) is 3.46. The minimum absolute atomic E-state index is 0.135. The summed E-state index contributed by atoms with van der Waals surface area (Å²) < 4.78 is 39.0. The van der Waals surface area contributed by atoms with Gasteiger partial charge in [-0.15, -0.1) is 0 Å². The molecule has 1 fully saturated rings. The molecule has 1 N–H and O–H groups in total. The van der Waals surface area contributed by atoms with Gasteiger partial charge >= 0.3 is 6.18 Å². The van der Waals surface area contributed by atoms with Gasteiger partial charge in [0.05, 0.1) is 6.04 Å². The first-order valence-corrected chi connectivity index (χ1v) is 8.90. The van der Waals surface area contributed by atoms with Crippen LogP contribution in [0.25, 0.3) is 0 Å². The van der Waals surface area contributed by atoms with Crippen LogP contribution in [0.1, 0.15) is 54.2 Å². The van der Waals surface area contributed by atoms with Gasteiger partial charge in [0, 0.05) is 11.6 Å². The molecule has 0 saturated heterocycles. The number of rotatable bonds is 5. The summed E-state index contributed by atoms with van der Waals surface area (Å²) in [5.41, 5.74) is -1.93. The predicted molar refractivity (Wildman–Crippen MR) is 96.1 cm³/mol. The Labute approximate surface area is 156 Å². The summed E-state index contributed by atoms with van der Waals surface area (Å²) in [5, 5.41) is 9.78. The van der Waals surface area contributed by atoms with E-state index in [1.807, 2.05) is 37.3 Å². The van der Waals surface area contributed by atoms with Crippen LogP contribution in [0.3, 0.4) is 0 Å². The Bertz CT molecular complexity index is 796. The molecule has 144 valence electrons. The van der Waals surface area contributed by atoms with E-state index in [1.54, 1.807) is 4.90 Å². The van der Waals surface area contributed by atoms with E-state index in [9.17, 15) is 23.1 Å². The van der Waals surface area contributed by atoms with Gasteiger partial charge in [-0.25, -0.2) is 0 Å². The second kappa shape index (κ2) is 7.00. The van der Waals surface area contributed by atoms with Crippen molar-refractivity contribution in [1.29, 1.82) is 0 Å². The van der Waals surface area contributed by atoms with Crippen LogP contribution in [0.4, 0.5) is 13.2 Å². The quantitative estimate of drug-likeness (QED) is 0.811. The number of amides is 1. The topological polar surface area (TPSA) is 40.5 Å². The van der Waals surface area contributed by atoms with Gasteiger partial charge in [-0.2, -0.15) is 13.2 Å². The molecule has 0 spiro atoms. The van der Waals surface area contributed by atoms with E-state index in [1.165, 1.54) is 24.3 Å². The smallest absolute Gasteiger partial charge is 0.376 e. The summed E-state index contributed by atoms with van der Waals surface area (Å²) in [5.74, 6) is -0.216. The maximum absolute atomic E-state index is 13.0. The lowest BCUT2D eigenvalue weighted by atomic mass is 9.94. The minimum Gasteiger partial charge on any atom is -0.376 e. The van der Waals surface area contributed by atoms with Crippen LogP contribution in [0.15, 0.2) is 54.6 Å². The molecule has 1 aliphatic carbocycles. The van der Waals surface area contributed by atoms with E-state index >= 15 is 0 Å². The van der Waals surface area contributed by atoms with E-state index in [0.29, 0.717) is 12.5 Å². The second-order valence-corrected chi connectivity index (χ2v) is 7.18. The SMILES string of the molecule is C[C@H](c1ccccc1)N(C(=O)c1ccc([C@](C)(O)C(F)(F)F)cc1)C1CC1. The molecule has 6 heteroatoms. The minimum atomic E-state index is -4.79. The molecule has 27 heavy (non-hydrogen) atoms. The fourth-order valence-corrected chi connectivity index (χ4v) is 3.15. The molecule has 0 unspecified atom stereocenters. The zero-order valence-corrected chi connectivity index (χ0v) is 15.2. The van der Waals surface area contributed by atoms with Gasteiger partial charge in [-0.05, 0) is 49.9 Å². The molecule has 0 bridgehead atoms. The van der Waals surface area contributed by atoms with Gasteiger partial charge in [0.15, 0.2) is 5.60 Å². The fourth-order valence-electron chi connectivity index (χ4n) is 3.15. The standard InChI is InChI=1S/C21H22F3NO2/c1-14(15-6-4-3-5-7-15)25(18-12-13-18)19(26)16-8-10-17(11-9-16)20(2,27)21(22,23)24/h3-11,14,18,27H,12-13H2,1-2H3/t14-,20+/m1/s1. The molecule has 1 aliphatic rings. The van der Waals surface area contributed by atoms with Crippen molar-refractivity contribution in [3.8, 4) is 0 Å². The number of benzene rings is 2. The van der Waals surface area contributed by atoms with Crippen molar-refractivity contribution in [2.45, 2.75) is 50.6 Å². The molecule has 1 amide bonds. The average molecular weight is 377 g/mol. The van der Waals surface area contributed by atoms with E-state index in [2.05, 4.69) is 0 Å². The molecule has 2 aromatic rings. The van der Waals surface area contributed by atoms with Gasteiger partial charge in [0.25, 0.3) is 5.91 Å². The summed E-state index contributed by atoms with van der Waals surface area (Å²) in [4.78, 5) is 14.8. The van der Waals surface area contributed by atoms with Crippen molar-refractivity contribution >= 4 is 5.91 Å². The Morgan fingerprint density at radius 2 is 1.63 bits per heavy atom. The lowest BCUT2D eigenvalue weighted by Gasteiger charge is -2.30. The first-order chi connectivity index (χ1) is 12.6. The lowest BCUT2D eigenvalue weighted by Crippen LogP contribution is -2.39. The number of nitrogens with zero attached hydrogens (tertiary/aromatic N) is 1. The van der Waals surface area contributed by atoms with Crippen molar-refractivity contribution in [3.05, 3.63) is 71.3 Å². The van der Waals surface area contributed by atoms with E-state index < -0.39 is 11.8 Å². The zero-order valence-electron chi connectivity index (χ0n) is 15.2.